The number of aliphatic carboxylic acids is 1. The largest absolute Gasteiger partial charge is 0.495 e. The fourth-order valence-corrected chi connectivity index (χ4v) is 2.99. The molecule has 0 saturated carbocycles. The number of rotatable bonds is 4. The Hall–Kier alpha value is -3.07. The number of nitrogens with zero attached hydrogens (tertiary/aromatic N) is 2. The molecule has 1 unspecified atom stereocenters. The van der Waals surface area contributed by atoms with Crippen molar-refractivity contribution in [2.24, 2.45) is 5.41 Å². The lowest BCUT2D eigenvalue weighted by Crippen LogP contribution is -2.37. The first kappa shape index (κ1) is 19.3. The lowest BCUT2D eigenvalue weighted by atomic mass is 9.86. The number of benzene rings is 1. The molecule has 1 aromatic heterocycles. The normalized spacial score (nSPS) is 12.3. The van der Waals surface area contributed by atoms with E-state index in [1.165, 1.54) is 23.9 Å². The van der Waals surface area contributed by atoms with Gasteiger partial charge in [0.2, 0.25) is 0 Å². The van der Waals surface area contributed by atoms with Gasteiger partial charge in [-0.25, -0.2) is 4.79 Å². The van der Waals surface area contributed by atoms with Crippen molar-refractivity contribution in [2.75, 3.05) is 7.11 Å². The van der Waals surface area contributed by atoms with Crippen LogP contribution in [0.5, 0.6) is 5.75 Å². The average Bonchev–Trinajstić information content (AvgIpc) is 2.54. The second kappa shape index (κ2) is 7.04. The van der Waals surface area contributed by atoms with Gasteiger partial charge in [0.15, 0.2) is 0 Å². The number of carboxylic acid groups (broad SMARTS) is 1. The Morgan fingerprint density at radius 2 is 1.92 bits per heavy atom. The van der Waals surface area contributed by atoms with Gasteiger partial charge in [-0.15, -0.1) is 0 Å². The molecule has 0 aliphatic carbocycles. The van der Waals surface area contributed by atoms with E-state index in [-0.39, 0.29) is 0 Å². The van der Waals surface area contributed by atoms with Crippen molar-refractivity contribution in [1.29, 1.82) is 5.26 Å². The molecule has 0 amide bonds. The molecule has 0 fully saturated rings. The van der Waals surface area contributed by atoms with Crippen molar-refractivity contribution in [1.82, 2.24) is 4.57 Å². The smallest absolute Gasteiger partial charge is 0.327 e. The Bertz CT molecular complexity index is 946. The van der Waals surface area contributed by atoms with Crippen LogP contribution in [0, 0.1) is 23.7 Å². The zero-order valence-electron chi connectivity index (χ0n) is 15.5. The van der Waals surface area contributed by atoms with Crippen LogP contribution in [-0.4, -0.2) is 22.8 Å². The van der Waals surface area contributed by atoms with Crippen molar-refractivity contribution in [2.45, 2.75) is 33.7 Å². The van der Waals surface area contributed by atoms with Crippen molar-refractivity contribution in [3.05, 3.63) is 51.9 Å². The molecule has 2 aromatic rings. The molecule has 26 heavy (non-hydrogen) atoms. The van der Waals surface area contributed by atoms with Gasteiger partial charge < -0.3 is 9.84 Å². The van der Waals surface area contributed by atoms with E-state index < -0.39 is 23.0 Å². The van der Waals surface area contributed by atoms with Crippen LogP contribution in [0.1, 0.15) is 37.9 Å². The Morgan fingerprint density at radius 3 is 2.42 bits per heavy atom. The van der Waals surface area contributed by atoms with Crippen LogP contribution in [0.2, 0.25) is 0 Å². The number of aromatic nitrogens is 1. The Morgan fingerprint density at radius 1 is 1.27 bits per heavy atom. The van der Waals surface area contributed by atoms with Gasteiger partial charge in [-0.2, -0.15) is 5.26 Å². The van der Waals surface area contributed by atoms with E-state index in [9.17, 15) is 20.0 Å². The molecule has 6 heteroatoms. The zero-order valence-corrected chi connectivity index (χ0v) is 15.5. The molecule has 0 aliphatic rings. The van der Waals surface area contributed by atoms with Gasteiger partial charge in [0, 0.05) is 17.2 Å². The van der Waals surface area contributed by atoms with Crippen molar-refractivity contribution < 1.29 is 14.6 Å². The van der Waals surface area contributed by atoms with Crippen molar-refractivity contribution in [3.63, 3.8) is 0 Å². The molecule has 2 rings (SSSR count). The van der Waals surface area contributed by atoms with Gasteiger partial charge in [-0.05, 0) is 24.5 Å². The Kier molecular flexibility index (Phi) is 5.22. The number of hydrogen-bond donors (Lipinski definition) is 1. The molecule has 0 radical (unpaired) electrons. The van der Waals surface area contributed by atoms with Crippen LogP contribution >= 0.6 is 0 Å². The summed E-state index contributed by atoms with van der Waals surface area (Å²) >= 11 is 0. The van der Waals surface area contributed by atoms with Crippen molar-refractivity contribution >= 4 is 5.97 Å². The minimum atomic E-state index is -1.09. The minimum Gasteiger partial charge on any atom is -0.495 e. The summed E-state index contributed by atoms with van der Waals surface area (Å²) in [4.78, 5) is 24.5. The summed E-state index contributed by atoms with van der Waals surface area (Å²) in [5, 5.41) is 19.0. The third-order valence-electron chi connectivity index (χ3n) is 4.18. The Balaban J connectivity index is 2.77. The van der Waals surface area contributed by atoms with Gasteiger partial charge in [-0.3, -0.25) is 9.36 Å². The molecule has 0 saturated heterocycles. The molecular weight excluding hydrogens is 332 g/mol. The van der Waals surface area contributed by atoms with Crippen LogP contribution in [0.15, 0.2) is 35.3 Å². The molecular formula is C20H22N2O4. The van der Waals surface area contributed by atoms with Gasteiger partial charge in [0.1, 0.15) is 11.8 Å². The molecule has 1 heterocycles. The molecule has 136 valence electrons. The molecule has 0 aliphatic heterocycles. The van der Waals surface area contributed by atoms with E-state index >= 15 is 0 Å². The molecule has 6 nitrogen and oxygen atoms in total. The molecule has 1 N–H and O–H groups in total. The highest BCUT2D eigenvalue weighted by molar-refractivity contribution is 5.77. The number of nitriles is 1. The van der Waals surface area contributed by atoms with E-state index in [0.29, 0.717) is 22.4 Å². The number of aryl methyl sites for hydroxylation is 1. The summed E-state index contributed by atoms with van der Waals surface area (Å²) in [6.07, 6.45) is 1.41. The highest BCUT2D eigenvalue weighted by Crippen LogP contribution is 2.35. The fraction of sp³-hybridized carbons (Fsp3) is 0.350. The van der Waals surface area contributed by atoms with Gasteiger partial charge in [-0.1, -0.05) is 32.4 Å². The average molecular weight is 354 g/mol. The number of methoxy groups -OCH3 is 1. The highest BCUT2D eigenvalue weighted by atomic mass is 16.5. The number of carboxylic acids is 1. The Labute approximate surface area is 152 Å². The molecule has 0 spiro atoms. The predicted octanol–water partition coefficient (Wildman–Crippen LogP) is 3.38. The molecule has 1 aromatic carbocycles. The van der Waals surface area contributed by atoms with Gasteiger partial charge >= 0.3 is 5.97 Å². The van der Waals surface area contributed by atoms with Gasteiger partial charge in [0.05, 0.1) is 24.9 Å². The van der Waals surface area contributed by atoms with E-state index in [2.05, 4.69) is 6.07 Å². The van der Waals surface area contributed by atoms with Crippen LogP contribution in [-0.2, 0) is 4.79 Å². The van der Waals surface area contributed by atoms with Crippen LogP contribution in [0.25, 0.3) is 11.1 Å². The second-order valence-corrected chi connectivity index (χ2v) is 7.27. The second-order valence-electron chi connectivity index (χ2n) is 7.27. The number of carbonyl (C=O) groups is 1. The summed E-state index contributed by atoms with van der Waals surface area (Å²) in [6.45, 7) is 7.16. The highest BCUT2D eigenvalue weighted by Gasteiger charge is 2.34. The quantitative estimate of drug-likeness (QED) is 0.909. The lowest BCUT2D eigenvalue weighted by Gasteiger charge is -2.29. The standard InChI is InChI=1S/C20H22N2O4/c1-12-6-7-13(10-21)14(8-12)15-9-17(23)22(11-16(15)26-5)18(19(24)25)20(2,3)4/h6-9,11,18H,1-5H3,(H,24,25). The lowest BCUT2D eigenvalue weighted by molar-refractivity contribution is -0.144. The summed E-state index contributed by atoms with van der Waals surface area (Å²) in [5.41, 5.74) is 1.25. The summed E-state index contributed by atoms with van der Waals surface area (Å²) in [6, 6.07) is 7.70. The summed E-state index contributed by atoms with van der Waals surface area (Å²) in [5.74, 6) is -0.759. The van der Waals surface area contributed by atoms with E-state index in [1.54, 1.807) is 32.9 Å². The van der Waals surface area contributed by atoms with Gasteiger partial charge in [0.25, 0.3) is 5.56 Å². The predicted molar refractivity (Wildman–Crippen MR) is 98.3 cm³/mol. The van der Waals surface area contributed by atoms with E-state index in [1.807, 2.05) is 13.0 Å². The van der Waals surface area contributed by atoms with Crippen LogP contribution < -0.4 is 10.3 Å². The third kappa shape index (κ3) is 3.62. The molecule has 0 bridgehead atoms. The third-order valence-corrected chi connectivity index (χ3v) is 4.18. The first-order valence-corrected chi connectivity index (χ1v) is 8.14. The maximum atomic E-state index is 12.7. The summed E-state index contributed by atoms with van der Waals surface area (Å²) < 4.78 is 6.59. The maximum absolute atomic E-state index is 12.7. The number of pyridine rings is 1. The fourth-order valence-electron chi connectivity index (χ4n) is 2.99. The van der Waals surface area contributed by atoms with Crippen LogP contribution in [0.3, 0.4) is 0 Å². The van der Waals surface area contributed by atoms with Crippen molar-refractivity contribution in [3.8, 4) is 22.9 Å². The minimum absolute atomic E-state index is 0.335. The SMILES string of the molecule is COc1cn(C(C(=O)O)C(C)(C)C)c(=O)cc1-c1cc(C)ccc1C#N. The maximum Gasteiger partial charge on any atom is 0.327 e. The first-order chi connectivity index (χ1) is 12.1. The number of ether oxygens (including phenoxy) is 1. The number of hydrogen-bond acceptors (Lipinski definition) is 4. The van der Waals surface area contributed by atoms with Crippen LogP contribution in [0.4, 0.5) is 0 Å². The van der Waals surface area contributed by atoms with E-state index in [0.717, 1.165) is 5.56 Å². The monoisotopic (exact) mass is 354 g/mol. The summed E-state index contributed by atoms with van der Waals surface area (Å²) in [7, 11) is 1.45. The van der Waals surface area contributed by atoms with E-state index in [4.69, 9.17) is 4.74 Å². The molecule has 1 atom stereocenters. The topological polar surface area (TPSA) is 92.3 Å². The first-order valence-electron chi connectivity index (χ1n) is 8.14. The zero-order chi connectivity index (χ0) is 19.6.